The van der Waals surface area contributed by atoms with E-state index in [1.54, 1.807) is 0 Å². The van der Waals surface area contributed by atoms with Gasteiger partial charge in [0.25, 0.3) is 0 Å². The van der Waals surface area contributed by atoms with E-state index in [1.165, 1.54) is 44.9 Å². The second-order valence-electron chi connectivity index (χ2n) is 6.34. The first-order chi connectivity index (χ1) is 9.74. The lowest BCUT2D eigenvalue weighted by Gasteiger charge is -2.28. The molecular weight excluding hydrogens is 248 g/mol. The Morgan fingerprint density at radius 2 is 1.55 bits per heavy atom. The molecule has 1 aliphatic heterocycles. The predicted octanol–water partition coefficient (Wildman–Crippen LogP) is 3.59. The largest absolute Gasteiger partial charge is 0.356 e. The van der Waals surface area contributed by atoms with Crippen LogP contribution in [0.25, 0.3) is 0 Å². The summed E-state index contributed by atoms with van der Waals surface area (Å²) in [5.74, 6) is 0.557. The Kier molecular flexibility index (Phi) is 9.73. The molecule has 0 radical (unpaired) electrons. The molecule has 118 valence electrons. The molecular formula is C17H34N2O. The molecule has 0 saturated carbocycles. The van der Waals surface area contributed by atoms with Gasteiger partial charge in [0, 0.05) is 12.5 Å². The predicted molar refractivity (Wildman–Crippen MR) is 85.8 cm³/mol. The van der Waals surface area contributed by atoms with E-state index < -0.39 is 0 Å². The lowest BCUT2D eigenvalue weighted by Crippen LogP contribution is -2.39. The van der Waals surface area contributed by atoms with Crippen molar-refractivity contribution in [3.8, 4) is 0 Å². The highest BCUT2D eigenvalue weighted by Gasteiger charge is 2.22. The molecule has 1 heterocycles. The SMILES string of the molecule is CCCCCCCCCCNC(=O)C1CCN(C)CC1. The molecule has 0 aliphatic carbocycles. The van der Waals surface area contributed by atoms with Crippen LogP contribution in [0.1, 0.15) is 71.1 Å². The summed E-state index contributed by atoms with van der Waals surface area (Å²) >= 11 is 0. The summed E-state index contributed by atoms with van der Waals surface area (Å²) in [4.78, 5) is 14.3. The molecule has 1 aliphatic rings. The van der Waals surface area contributed by atoms with Crippen molar-refractivity contribution in [2.45, 2.75) is 71.1 Å². The zero-order valence-electron chi connectivity index (χ0n) is 13.6. The van der Waals surface area contributed by atoms with Crippen LogP contribution in [0.2, 0.25) is 0 Å². The van der Waals surface area contributed by atoms with Gasteiger partial charge in [-0.15, -0.1) is 0 Å². The molecule has 1 fully saturated rings. The highest BCUT2D eigenvalue weighted by molar-refractivity contribution is 5.78. The van der Waals surface area contributed by atoms with Gasteiger partial charge in [0.1, 0.15) is 0 Å². The zero-order chi connectivity index (χ0) is 14.6. The monoisotopic (exact) mass is 282 g/mol. The Morgan fingerprint density at radius 3 is 2.15 bits per heavy atom. The lowest BCUT2D eigenvalue weighted by molar-refractivity contribution is -0.126. The normalized spacial score (nSPS) is 17.3. The second kappa shape index (κ2) is 11.1. The van der Waals surface area contributed by atoms with Crippen LogP contribution in [-0.4, -0.2) is 37.5 Å². The third-order valence-electron chi connectivity index (χ3n) is 4.42. The van der Waals surface area contributed by atoms with Crippen molar-refractivity contribution in [1.82, 2.24) is 10.2 Å². The van der Waals surface area contributed by atoms with Crippen molar-refractivity contribution in [3.05, 3.63) is 0 Å². The molecule has 0 unspecified atom stereocenters. The Balaban J connectivity index is 1.89. The number of carbonyl (C=O) groups is 1. The number of nitrogens with zero attached hydrogens (tertiary/aromatic N) is 1. The van der Waals surface area contributed by atoms with E-state index in [0.717, 1.165) is 38.9 Å². The van der Waals surface area contributed by atoms with E-state index >= 15 is 0 Å². The van der Waals surface area contributed by atoms with Crippen molar-refractivity contribution in [3.63, 3.8) is 0 Å². The van der Waals surface area contributed by atoms with Gasteiger partial charge in [0.05, 0.1) is 0 Å². The maximum absolute atomic E-state index is 12.0. The number of carbonyl (C=O) groups excluding carboxylic acids is 1. The van der Waals surface area contributed by atoms with E-state index in [0.29, 0.717) is 5.91 Å². The summed E-state index contributed by atoms with van der Waals surface area (Å²) in [6.45, 7) is 5.26. The number of nitrogens with one attached hydrogen (secondary N) is 1. The van der Waals surface area contributed by atoms with Crippen LogP contribution in [0.3, 0.4) is 0 Å². The van der Waals surface area contributed by atoms with E-state index in [2.05, 4.69) is 24.2 Å². The Bertz CT molecular complexity index is 247. The molecule has 3 heteroatoms. The quantitative estimate of drug-likeness (QED) is 0.621. The van der Waals surface area contributed by atoms with E-state index in [-0.39, 0.29) is 5.92 Å². The minimum Gasteiger partial charge on any atom is -0.356 e. The minimum atomic E-state index is 0.264. The maximum Gasteiger partial charge on any atom is 0.223 e. The van der Waals surface area contributed by atoms with Gasteiger partial charge in [-0.1, -0.05) is 51.9 Å². The average molecular weight is 282 g/mol. The maximum atomic E-state index is 12.0. The molecule has 20 heavy (non-hydrogen) atoms. The molecule has 0 aromatic rings. The van der Waals surface area contributed by atoms with Crippen LogP contribution in [-0.2, 0) is 4.79 Å². The fraction of sp³-hybridized carbons (Fsp3) is 0.941. The fourth-order valence-corrected chi connectivity index (χ4v) is 2.89. The summed E-state index contributed by atoms with van der Waals surface area (Å²) < 4.78 is 0. The van der Waals surface area contributed by atoms with Gasteiger partial charge in [-0.05, 0) is 39.4 Å². The first-order valence-corrected chi connectivity index (χ1v) is 8.70. The van der Waals surface area contributed by atoms with Crippen molar-refractivity contribution in [2.24, 2.45) is 5.92 Å². The van der Waals surface area contributed by atoms with Crippen molar-refractivity contribution < 1.29 is 4.79 Å². The van der Waals surface area contributed by atoms with E-state index in [9.17, 15) is 4.79 Å². The first-order valence-electron chi connectivity index (χ1n) is 8.70. The van der Waals surface area contributed by atoms with Gasteiger partial charge in [0.2, 0.25) is 5.91 Å². The molecule has 1 amide bonds. The molecule has 0 atom stereocenters. The van der Waals surface area contributed by atoms with Gasteiger partial charge >= 0.3 is 0 Å². The number of unbranched alkanes of at least 4 members (excludes halogenated alkanes) is 7. The van der Waals surface area contributed by atoms with Crippen molar-refractivity contribution in [1.29, 1.82) is 0 Å². The number of likely N-dealkylation sites (tertiary alicyclic amines) is 1. The van der Waals surface area contributed by atoms with Crippen molar-refractivity contribution in [2.75, 3.05) is 26.7 Å². The third kappa shape index (κ3) is 7.88. The minimum absolute atomic E-state index is 0.264. The number of rotatable bonds is 10. The van der Waals surface area contributed by atoms with Gasteiger partial charge in [0.15, 0.2) is 0 Å². The van der Waals surface area contributed by atoms with Crippen LogP contribution < -0.4 is 5.32 Å². The molecule has 0 aromatic heterocycles. The number of piperidine rings is 1. The summed E-state index contributed by atoms with van der Waals surface area (Å²) in [6, 6.07) is 0. The zero-order valence-corrected chi connectivity index (χ0v) is 13.6. The Morgan fingerprint density at radius 1 is 1.00 bits per heavy atom. The topological polar surface area (TPSA) is 32.3 Å². The fourth-order valence-electron chi connectivity index (χ4n) is 2.89. The van der Waals surface area contributed by atoms with E-state index in [4.69, 9.17) is 0 Å². The molecule has 1 saturated heterocycles. The second-order valence-corrected chi connectivity index (χ2v) is 6.34. The van der Waals surface area contributed by atoms with Gasteiger partial charge < -0.3 is 10.2 Å². The summed E-state index contributed by atoms with van der Waals surface area (Å²) in [7, 11) is 2.13. The number of hydrogen-bond acceptors (Lipinski definition) is 2. The summed E-state index contributed by atoms with van der Waals surface area (Å²) in [6.07, 6.45) is 12.6. The molecule has 0 aromatic carbocycles. The summed E-state index contributed by atoms with van der Waals surface area (Å²) in [5, 5.41) is 3.12. The smallest absolute Gasteiger partial charge is 0.223 e. The highest BCUT2D eigenvalue weighted by Crippen LogP contribution is 2.15. The molecule has 1 rings (SSSR count). The Labute approximate surface area is 125 Å². The van der Waals surface area contributed by atoms with Crippen molar-refractivity contribution >= 4 is 5.91 Å². The van der Waals surface area contributed by atoms with Gasteiger partial charge in [-0.3, -0.25) is 4.79 Å². The number of amides is 1. The van der Waals surface area contributed by atoms with Gasteiger partial charge in [-0.25, -0.2) is 0 Å². The molecule has 0 spiro atoms. The summed E-state index contributed by atoms with van der Waals surface area (Å²) in [5.41, 5.74) is 0. The molecule has 0 bridgehead atoms. The highest BCUT2D eigenvalue weighted by atomic mass is 16.1. The molecule has 1 N–H and O–H groups in total. The van der Waals surface area contributed by atoms with Gasteiger partial charge in [-0.2, -0.15) is 0 Å². The van der Waals surface area contributed by atoms with Crippen LogP contribution in [0.4, 0.5) is 0 Å². The number of hydrogen-bond donors (Lipinski definition) is 1. The average Bonchev–Trinajstić information content (AvgIpc) is 2.46. The third-order valence-corrected chi connectivity index (χ3v) is 4.42. The Hall–Kier alpha value is -0.570. The molecule has 3 nitrogen and oxygen atoms in total. The van der Waals surface area contributed by atoms with Crippen LogP contribution in [0.5, 0.6) is 0 Å². The van der Waals surface area contributed by atoms with Crippen LogP contribution in [0, 0.1) is 5.92 Å². The standard InChI is InChI=1S/C17H34N2O/c1-3-4-5-6-7-8-9-10-13-18-17(20)16-11-14-19(2)15-12-16/h16H,3-15H2,1-2H3,(H,18,20). The first kappa shape index (κ1) is 17.5. The van der Waals surface area contributed by atoms with E-state index in [1.807, 2.05) is 0 Å². The van der Waals surface area contributed by atoms with Crippen LogP contribution >= 0.6 is 0 Å². The lowest BCUT2D eigenvalue weighted by atomic mass is 9.96. The van der Waals surface area contributed by atoms with Crippen LogP contribution in [0.15, 0.2) is 0 Å².